The number of nitrogens with one attached hydrogen (secondary N) is 1. The van der Waals surface area contributed by atoms with Crippen LogP contribution in [0.3, 0.4) is 0 Å². The first-order valence-electron chi connectivity index (χ1n) is 7.77. The maximum Gasteiger partial charge on any atom is 0.157 e. The van der Waals surface area contributed by atoms with E-state index in [0.29, 0.717) is 5.41 Å². The summed E-state index contributed by atoms with van der Waals surface area (Å²) in [7, 11) is 2.05. The average molecular weight is 283 g/mol. The Labute approximate surface area is 124 Å². The van der Waals surface area contributed by atoms with E-state index in [0.717, 1.165) is 36.3 Å². The molecule has 21 heavy (non-hydrogen) atoms. The Morgan fingerprint density at radius 1 is 1.24 bits per heavy atom. The molecule has 5 heteroatoms. The zero-order valence-corrected chi connectivity index (χ0v) is 12.4. The summed E-state index contributed by atoms with van der Waals surface area (Å²) in [5, 5.41) is 15.8. The molecule has 1 aromatic heterocycles. The van der Waals surface area contributed by atoms with Gasteiger partial charge in [-0.05, 0) is 66.1 Å². The van der Waals surface area contributed by atoms with Crippen LogP contribution in [0.1, 0.15) is 25.1 Å². The minimum absolute atomic E-state index is 0.337. The highest BCUT2D eigenvalue weighted by Crippen LogP contribution is 2.60. The van der Waals surface area contributed by atoms with Crippen LogP contribution in [-0.2, 0) is 6.42 Å². The molecule has 2 atom stereocenters. The fraction of sp³-hybridized carbons (Fsp3) is 0.562. The van der Waals surface area contributed by atoms with Crippen molar-refractivity contribution in [2.75, 3.05) is 13.6 Å². The van der Waals surface area contributed by atoms with Crippen molar-refractivity contribution in [3.63, 3.8) is 0 Å². The lowest BCUT2D eigenvalue weighted by Gasteiger charge is -2.30. The molecule has 0 amide bonds. The van der Waals surface area contributed by atoms with Gasteiger partial charge in [-0.3, -0.25) is 0 Å². The van der Waals surface area contributed by atoms with Gasteiger partial charge in [-0.2, -0.15) is 4.68 Å². The van der Waals surface area contributed by atoms with Crippen LogP contribution in [0, 0.1) is 17.3 Å². The fourth-order valence-corrected chi connectivity index (χ4v) is 4.15. The lowest BCUT2D eigenvalue weighted by atomic mass is 9.79. The molecule has 4 rings (SSSR count). The predicted molar refractivity (Wildman–Crippen MR) is 80.0 cm³/mol. The largest absolute Gasteiger partial charge is 0.319 e. The molecule has 110 valence electrons. The highest BCUT2D eigenvalue weighted by molar-refractivity contribution is 5.30. The number of hydrogen-bond acceptors (Lipinski definition) is 4. The maximum atomic E-state index is 4.30. The van der Waals surface area contributed by atoms with Crippen molar-refractivity contribution in [1.29, 1.82) is 0 Å². The van der Waals surface area contributed by atoms with Gasteiger partial charge in [0.1, 0.15) is 0 Å². The summed E-state index contributed by atoms with van der Waals surface area (Å²) in [5.74, 6) is 2.90. The first-order valence-corrected chi connectivity index (χ1v) is 7.77. The van der Waals surface area contributed by atoms with Gasteiger partial charge >= 0.3 is 0 Å². The zero-order chi connectivity index (χ0) is 14.3. The van der Waals surface area contributed by atoms with Gasteiger partial charge in [0.25, 0.3) is 0 Å². The van der Waals surface area contributed by atoms with Crippen LogP contribution in [0.5, 0.6) is 0 Å². The van der Waals surface area contributed by atoms with Crippen molar-refractivity contribution >= 4 is 0 Å². The van der Waals surface area contributed by atoms with E-state index in [1.54, 1.807) is 0 Å². The standard InChI is InChI=1S/C16H21N5/c1-17-11-16(8-12-7-13(12)9-16)10-15-18-19-20-21(15)14-5-3-2-4-6-14/h2-6,12-13,17H,7-11H2,1H3. The summed E-state index contributed by atoms with van der Waals surface area (Å²) in [4.78, 5) is 0. The zero-order valence-electron chi connectivity index (χ0n) is 12.4. The lowest BCUT2D eigenvalue weighted by molar-refractivity contribution is 0.248. The second-order valence-corrected chi connectivity index (χ2v) is 6.71. The molecule has 0 spiro atoms. The predicted octanol–water partition coefficient (Wildman–Crippen LogP) is 1.84. The summed E-state index contributed by atoms with van der Waals surface area (Å²) in [6.45, 7) is 1.06. The van der Waals surface area contributed by atoms with Crippen LogP contribution in [0.25, 0.3) is 5.69 Å². The molecule has 0 radical (unpaired) electrons. The van der Waals surface area contributed by atoms with Crippen molar-refractivity contribution in [3.8, 4) is 5.69 Å². The number of aromatic nitrogens is 4. The highest BCUT2D eigenvalue weighted by Gasteiger charge is 2.53. The smallest absolute Gasteiger partial charge is 0.157 e. The first-order chi connectivity index (χ1) is 10.3. The molecule has 1 heterocycles. The Balaban J connectivity index is 1.61. The Kier molecular flexibility index (Phi) is 3.03. The van der Waals surface area contributed by atoms with Crippen LogP contribution in [0.15, 0.2) is 30.3 Å². The van der Waals surface area contributed by atoms with Gasteiger partial charge in [-0.1, -0.05) is 18.2 Å². The SMILES string of the molecule is CNCC1(Cc2nnnn2-c2ccccc2)CC2CC2C1. The van der Waals surface area contributed by atoms with Crippen molar-refractivity contribution in [1.82, 2.24) is 25.5 Å². The molecule has 1 N–H and O–H groups in total. The summed E-state index contributed by atoms with van der Waals surface area (Å²) in [6.07, 6.45) is 5.04. The Morgan fingerprint density at radius 3 is 2.71 bits per heavy atom. The number of tetrazole rings is 1. The minimum Gasteiger partial charge on any atom is -0.319 e. The minimum atomic E-state index is 0.337. The molecule has 2 fully saturated rings. The van der Waals surface area contributed by atoms with E-state index in [4.69, 9.17) is 0 Å². The summed E-state index contributed by atoms with van der Waals surface area (Å²) < 4.78 is 1.89. The van der Waals surface area contributed by atoms with E-state index < -0.39 is 0 Å². The average Bonchev–Trinajstić information content (AvgIpc) is 2.92. The van der Waals surface area contributed by atoms with E-state index in [-0.39, 0.29) is 0 Å². The van der Waals surface area contributed by atoms with Crippen LogP contribution < -0.4 is 5.32 Å². The molecule has 2 aliphatic carbocycles. The monoisotopic (exact) mass is 283 g/mol. The van der Waals surface area contributed by atoms with E-state index >= 15 is 0 Å². The van der Waals surface area contributed by atoms with E-state index in [9.17, 15) is 0 Å². The number of hydrogen-bond donors (Lipinski definition) is 1. The van der Waals surface area contributed by atoms with Crippen LogP contribution in [0.2, 0.25) is 0 Å². The van der Waals surface area contributed by atoms with Gasteiger partial charge in [0.15, 0.2) is 5.82 Å². The summed E-state index contributed by atoms with van der Waals surface area (Å²) in [5.41, 5.74) is 1.38. The van der Waals surface area contributed by atoms with Gasteiger partial charge in [-0.25, -0.2) is 0 Å². The number of fused-ring (bicyclic) bond motifs is 1. The molecular formula is C16H21N5. The quantitative estimate of drug-likeness (QED) is 0.909. The molecule has 2 aliphatic rings. The van der Waals surface area contributed by atoms with Crippen molar-refractivity contribution < 1.29 is 0 Å². The maximum absolute atomic E-state index is 4.30. The molecule has 2 saturated carbocycles. The summed E-state index contributed by atoms with van der Waals surface area (Å²) in [6, 6.07) is 10.2. The van der Waals surface area contributed by atoms with E-state index in [1.807, 2.05) is 29.9 Å². The van der Waals surface area contributed by atoms with Crippen molar-refractivity contribution in [2.24, 2.45) is 17.3 Å². The second kappa shape index (κ2) is 4.91. The first kappa shape index (κ1) is 13.0. The van der Waals surface area contributed by atoms with Crippen LogP contribution >= 0.6 is 0 Å². The number of benzene rings is 1. The molecule has 2 aromatic rings. The van der Waals surface area contributed by atoms with Gasteiger partial charge < -0.3 is 5.32 Å². The number of rotatable bonds is 5. The molecule has 5 nitrogen and oxygen atoms in total. The Bertz CT molecular complexity index is 611. The van der Waals surface area contributed by atoms with Crippen LogP contribution in [-0.4, -0.2) is 33.8 Å². The molecule has 0 aliphatic heterocycles. The summed E-state index contributed by atoms with van der Waals surface area (Å²) >= 11 is 0. The number of para-hydroxylation sites is 1. The Hall–Kier alpha value is -1.75. The van der Waals surface area contributed by atoms with E-state index in [2.05, 4.69) is 33.0 Å². The van der Waals surface area contributed by atoms with Gasteiger partial charge in [0, 0.05) is 13.0 Å². The van der Waals surface area contributed by atoms with Gasteiger partial charge in [0.2, 0.25) is 0 Å². The van der Waals surface area contributed by atoms with Crippen molar-refractivity contribution in [2.45, 2.75) is 25.7 Å². The van der Waals surface area contributed by atoms with Gasteiger partial charge in [-0.15, -0.1) is 5.10 Å². The number of nitrogens with zero attached hydrogens (tertiary/aromatic N) is 4. The molecule has 1 aromatic carbocycles. The third-order valence-electron chi connectivity index (χ3n) is 5.08. The lowest BCUT2D eigenvalue weighted by Crippen LogP contribution is -2.34. The molecule has 0 bridgehead atoms. The third kappa shape index (κ3) is 2.35. The third-order valence-corrected chi connectivity index (χ3v) is 5.08. The second-order valence-electron chi connectivity index (χ2n) is 6.71. The van der Waals surface area contributed by atoms with Gasteiger partial charge in [0.05, 0.1) is 5.69 Å². The molecular weight excluding hydrogens is 262 g/mol. The highest BCUT2D eigenvalue weighted by atomic mass is 15.5. The Morgan fingerprint density at radius 2 is 2.00 bits per heavy atom. The van der Waals surface area contributed by atoms with Crippen LogP contribution in [0.4, 0.5) is 0 Å². The fourth-order valence-electron chi connectivity index (χ4n) is 4.15. The topological polar surface area (TPSA) is 55.6 Å². The van der Waals surface area contributed by atoms with E-state index in [1.165, 1.54) is 19.3 Å². The molecule has 2 unspecified atom stereocenters. The molecule has 0 saturated heterocycles. The van der Waals surface area contributed by atoms with Crippen molar-refractivity contribution in [3.05, 3.63) is 36.2 Å². The normalized spacial score (nSPS) is 30.3.